The van der Waals surface area contributed by atoms with E-state index in [4.69, 9.17) is 4.74 Å². The SMILES string of the molecule is CC(=O)N1N=C(C)OC1c1ccc(N(C)C)cc1. The Balaban J connectivity index is 2.24. The summed E-state index contributed by atoms with van der Waals surface area (Å²) in [6, 6.07) is 7.88. The minimum Gasteiger partial charge on any atom is -0.450 e. The van der Waals surface area contributed by atoms with Crippen LogP contribution in [0.4, 0.5) is 5.69 Å². The second-order valence-electron chi connectivity index (χ2n) is 4.44. The van der Waals surface area contributed by atoms with Crippen molar-refractivity contribution < 1.29 is 9.53 Å². The molecule has 0 N–H and O–H groups in total. The first-order chi connectivity index (χ1) is 8.49. The third-order valence-electron chi connectivity index (χ3n) is 2.77. The maximum absolute atomic E-state index is 11.5. The van der Waals surface area contributed by atoms with E-state index in [9.17, 15) is 4.79 Å². The van der Waals surface area contributed by atoms with Gasteiger partial charge < -0.3 is 9.64 Å². The number of amides is 1. The molecule has 1 aromatic rings. The summed E-state index contributed by atoms with van der Waals surface area (Å²) in [7, 11) is 3.96. The molecule has 1 heterocycles. The van der Waals surface area contributed by atoms with Crippen LogP contribution in [0.3, 0.4) is 0 Å². The van der Waals surface area contributed by atoms with Crippen molar-refractivity contribution in [1.82, 2.24) is 5.01 Å². The Hall–Kier alpha value is -2.04. The summed E-state index contributed by atoms with van der Waals surface area (Å²) in [6.07, 6.45) is -0.446. The molecule has 1 unspecified atom stereocenters. The molecule has 0 spiro atoms. The van der Waals surface area contributed by atoms with Crippen LogP contribution in [0.2, 0.25) is 0 Å². The third-order valence-corrected chi connectivity index (χ3v) is 2.77. The first kappa shape index (κ1) is 12.4. The second-order valence-corrected chi connectivity index (χ2v) is 4.44. The number of hydrogen-bond donors (Lipinski definition) is 0. The molecule has 0 saturated heterocycles. The molecule has 1 aliphatic rings. The number of hydrazone groups is 1. The van der Waals surface area contributed by atoms with Gasteiger partial charge in [0.25, 0.3) is 0 Å². The number of hydrogen-bond acceptors (Lipinski definition) is 4. The van der Waals surface area contributed by atoms with Crippen molar-refractivity contribution in [3.05, 3.63) is 29.8 Å². The van der Waals surface area contributed by atoms with E-state index in [1.54, 1.807) is 6.92 Å². The smallest absolute Gasteiger partial charge is 0.243 e. The van der Waals surface area contributed by atoms with Gasteiger partial charge in [0.2, 0.25) is 18.0 Å². The molecule has 0 fully saturated rings. The minimum atomic E-state index is -0.446. The molecular weight excluding hydrogens is 230 g/mol. The third kappa shape index (κ3) is 2.30. The fourth-order valence-electron chi connectivity index (χ4n) is 1.82. The number of ether oxygens (including phenoxy) is 1. The molecule has 1 atom stereocenters. The largest absolute Gasteiger partial charge is 0.450 e. The lowest BCUT2D eigenvalue weighted by atomic mass is 10.1. The van der Waals surface area contributed by atoms with Crippen molar-refractivity contribution in [3.63, 3.8) is 0 Å². The van der Waals surface area contributed by atoms with E-state index in [0.29, 0.717) is 5.90 Å². The van der Waals surface area contributed by atoms with Crippen molar-refractivity contribution in [1.29, 1.82) is 0 Å². The summed E-state index contributed by atoms with van der Waals surface area (Å²) in [5, 5.41) is 5.43. The van der Waals surface area contributed by atoms with Crippen LogP contribution in [0.25, 0.3) is 0 Å². The van der Waals surface area contributed by atoms with E-state index < -0.39 is 6.23 Å². The molecule has 5 nitrogen and oxygen atoms in total. The van der Waals surface area contributed by atoms with Gasteiger partial charge in [-0.1, -0.05) is 12.1 Å². The Morgan fingerprint density at radius 2 is 1.94 bits per heavy atom. The normalized spacial score (nSPS) is 18.3. The van der Waals surface area contributed by atoms with E-state index in [0.717, 1.165) is 11.3 Å². The van der Waals surface area contributed by atoms with Gasteiger partial charge in [0.15, 0.2) is 0 Å². The van der Waals surface area contributed by atoms with Gasteiger partial charge in [-0.2, -0.15) is 5.01 Å². The molecule has 0 aliphatic carbocycles. The lowest BCUT2D eigenvalue weighted by Crippen LogP contribution is -2.25. The molecule has 0 aromatic heterocycles. The number of carbonyl (C=O) groups is 1. The van der Waals surface area contributed by atoms with E-state index in [2.05, 4.69) is 5.10 Å². The molecule has 1 amide bonds. The predicted octanol–water partition coefficient (Wildman–Crippen LogP) is 1.96. The first-order valence-electron chi connectivity index (χ1n) is 5.78. The molecule has 18 heavy (non-hydrogen) atoms. The average molecular weight is 247 g/mol. The quantitative estimate of drug-likeness (QED) is 0.802. The second kappa shape index (κ2) is 4.68. The highest BCUT2D eigenvalue weighted by atomic mass is 16.5. The van der Waals surface area contributed by atoms with E-state index in [1.165, 1.54) is 11.9 Å². The number of nitrogens with zero attached hydrogens (tertiary/aromatic N) is 3. The van der Waals surface area contributed by atoms with Gasteiger partial charge in [-0.15, -0.1) is 5.10 Å². The summed E-state index contributed by atoms with van der Waals surface area (Å²) in [6.45, 7) is 3.22. The summed E-state index contributed by atoms with van der Waals surface area (Å²) >= 11 is 0. The summed E-state index contributed by atoms with van der Waals surface area (Å²) < 4.78 is 5.56. The van der Waals surface area contributed by atoms with E-state index >= 15 is 0 Å². The molecule has 96 valence electrons. The summed E-state index contributed by atoms with van der Waals surface area (Å²) in [5.74, 6) is 0.375. The maximum Gasteiger partial charge on any atom is 0.243 e. The standard InChI is InChI=1S/C13H17N3O2/c1-9-14-16(10(2)17)13(18-9)11-5-7-12(8-6-11)15(3)4/h5-8,13H,1-4H3. The Morgan fingerprint density at radius 3 is 2.44 bits per heavy atom. The van der Waals surface area contributed by atoms with Gasteiger partial charge in [-0.05, 0) is 12.1 Å². The van der Waals surface area contributed by atoms with Gasteiger partial charge in [-0.3, -0.25) is 4.79 Å². The van der Waals surface area contributed by atoms with E-state index in [1.807, 2.05) is 43.3 Å². The van der Waals surface area contributed by atoms with Crippen LogP contribution in [-0.4, -0.2) is 30.9 Å². The Kier molecular flexibility index (Phi) is 3.23. The molecule has 0 bridgehead atoms. The number of rotatable bonds is 2. The molecule has 2 rings (SSSR count). The molecule has 5 heteroatoms. The Morgan fingerprint density at radius 1 is 1.33 bits per heavy atom. The van der Waals surface area contributed by atoms with Gasteiger partial charge >= 0.3 is 0 Å². The highest BCUT2D eigenvalue weighted by Crippen LogP contribution is 2.29. The van der Waals surface area contributed by atoms with Crippen LogP contribution in [-0.2, 0) is 9.53 Å². The molecule has 1 aliphatic heterocycles. The summed E-state index contributed by atoms with van der Waals surface area (Å²) in [5.41, 5.74) is 2.01. The zero-order chi connectivity index (χ0) is 13.3. The lowest BCUT2D eigenvalue weighted by molar-refractivity contribution is -0.135. The zero-order valence-corrected chi connectivity index (χ0v) is 11.0. The number of carbonyl (C=O) groups excluding carboxylic acids is 1. The predicted molar refractivity (Wildman–Crippen MR) is 70.2 cm³/mol. The Labute approximate surface area is 107 Å². The molecule has 0 saturated carbocycles. The molecule has 1 aromatic carbocycles. The van der Waals surface area contributed by atoms with Crippen molar-refractivity contribution in [2.24, 2.45) is 5.10 Å². The van der Waals surface area contributed by atoms with Crippen LogP contribution < -0.4 is 4.90 Å². The van der Waals surface area contributed by atoms with Crippen LogP contribution in [0.5, 0.6) is 0 Å². The topological polar surface area (TPSA) is 45.1 Å². The number of anilines is 1. The highest BCUT2D eigenvalue weighted by molar-refractivity contribution is 5.81. The van der Waals surface area contributed by atoms with Gasteiger partial charge in [0.1, 0.15) is 0 Å². The van der Waals surface area contributed by atoms with Gasteiger partial charge in [-0.25, -0.2) is 0 Å². The maximum atomic E-state index is 11.5. The number of benzene rings is 1. The minimum absolute atomic E-state index is 0.131. The van der Waals surface area contributed by atoms with Crippen LogP contribution in [0.1, 0.15) is 25.6 Å². The summed E-state index contributed by atoms with van der Waals surface area (Å²) in [4.78, 5) is 13.5. The fourth-order valence-corrected chi connectivity index (χ4v) is 1.82. The zero-order valence-electron chi connectivity index (χ0n) is 11.0. The van der Waals surface area contributed by atoms with Crippen LogP contribution in [0.15, 0.2) is 29.4 Å². The highest BCUT2D eigenvalue weighted by Gasteiger charge is 2.30. The van der Waals surface area contributed by atoms with Gasteiger partial charge in [0, 0.05) is 39.2 Å². The monoisotopic (exact) mass is 247 g/mol. The molecule has 0 radical (unpaired) electrons. The van der Waals surface area contributed by atoms with Crippen LogP contribution in [0, 0.1) is 0 Å². The lowest BCUT2D eigenvalue weighted by Gasteiger charge is -2.20. The van der Waals surface area contributed by atoms with Crippen molar-refractivity contribution in [3.8, 4) is 0 Å². The Bertz CT molecular complexity index is 480. The van der Waals surface area contributed by atoms with Crippen molar-refractivity contribution in [2.45, 2.75) is 20.1 Å². The van der Waals surface area contributed by atoms with Gasteiger partial charge in [0.05, 0.1) is 0 Å². The molecular formula is C13H17N3O2. The first-order valence-corrected chi connectivity index (χ1v) is 5.78. The van der Waals surface area contributed by atoms with E-state index in [-0.39, 0.29) is 5.91 Å². The van der Waals surface area contributed by atoms with Crippen molar-refractivity contribution in [2.75, 3.05) is 19.0 Å². The van der Waals surface area contributed by atoms with Crippen molar-refractivity contribution >= 4 is 17.5 Å². The average Bonchev–Trinajstić information content (AvgIpc) is 2.71. The van der Waals surface area contributed by atoms with Crippen LogP contribution >= 0.6 is 0 Å². The fraction of sp³-hybridized carbons (Fsp3) is 0.385.